The normalized spacial score (nSPS) is 24.1. The van der Waals surface area contributed by atoms with Gasteiger partial charge in [0.05, 0.1) is 21.3 Å². The Hall–Kier alpha value is -2.89. The monoisotopic (exact) mass is 396 g/mol. The highest BCUT2D eigenvalue weighted by molar-refractivity contribution is 5.82. The van der Waals surface area contributed by atoms with Crippen molar-refractivity contribution < 1.29 is 28.5 Å². The zero-order valence-electron chi connectivity index (χ0n) is 16.8. The van der Waals surface area contributed by atoms with Crippen LogP contribution in [0, 0.1) is 11.8 Å². The Morgan fingerprint density at radius 1 is 0.862 bits per heavy atom. The fraction of sp³-hybridized carbons (Fsp3) is 0.435. The lowest BCUT2D eigenvalue weighted by molar-refractivity contribution is -0.117. The first kappa shape index (κ1) is 18.2. The van der Waals surface area contributed by atoms with Crippen LogP contribution in [0.4, 0.5) is 0 Å². The molecule has 0 spiro atoms. The molecule has 0 amide bonds. The van der Waals surface area contributed by atoms with Crippen LogP contribution in [0.5, 0.6) is 28.7 Å². The van der Waals surface area contributed by atoms with Gasteiger partial charge in [0.1, 0.15) is 5.78 Å². The van der Waals surface area contributed by atoms with Crippen LogP contribution in [0.1, 0.15) is 35.4 Å². The number of benzene rings is 2. The molecule has 0 unspecified atom stereocenters. The van der Waals surface area contributed by atoms with Crippen molar-refractivity contribution in [2.24, 2.45) is 11.8 Å². The van der Waals surface area contributed by atoms with E-state index in [1.54, 1.807) is 21.3 Å². The maximum Gasteiger partial charge on any atom is 0.231 e. The van der Waals surface area contributed by atoms with Crippen LogP contribution in [0.2, 0.25) is 0 Å². The number of methoxy groups -OCH3 is 3. The molecule has 6 nitrogen and oxygen atoms in total. The fourth-order valence-corrected chi connectivity index (χ4v) is 5.26. The number of ether oxygens (including phenoxy) is 5. The third-order valence-corrected chi connectivity index (χ3v) is 6.48. The number of carbonyl (C=O) groups excluding carboxylic acids is 1. The standard InChI is InChI=1S/C23H24O6/c1-25-20-7-14(8-21(26-2)23(20)27-3)22-16-9-15(24)5-12(16)4-13-6-18-19(10-17(13)22)29-11-28-18/h6-8,10,12,16,22H,4-5,9,11H2,1-3H3/t12-,16-,22+/m0/s1. The summed E-state index contributed by atoms with van der Waals surface area (Å²) in [6.07, 6.45) is 2.13. The van der Waals surface area contributed by atoms with E-state index in [1.807, 2.05) is 12.1 Å². The third kappa shape index (κ3) is 2.81. The predicted octanol–water partition coefficient (Wildman–Crippen LogP) is 3.72. The fourth-order valence-electron chi connectivity index (χ4n) is 5.26. The molecular formula is C23H24O6. The molecule has 2 aromatic carbocycles. The number of ketones is 1. The number of carbonyl (C=O) groups is 1. The van der Waals surface area contributed by atoms with Gasteiger partial charge in [0, 0.05) is 18.8 Å². The highest BCUT2D eigenvalue weighted by atomic mass is 16.7. The first-order valence-electron chi connectivity index (χ1n) is 9.87. The SMILES string of the molecule is COc1cc([C@H]2c3cc4c(cc3C[C@H]3CC(=O)C[C@@H]32)OCO4)cc(OC)c1OC. The highest BCUT2D eigenvalue weighted by Crippen LogP contribution is 2.54. The lowest BCUT2D eigenvalue weighted by Crippen LogP contribution is -2.26. The minimum Gasteiger partial charge on any atom is -0.493 e. The highest BCUT2D eigenvalue weighted by Gasteiger charge is 2.44. The molecule has 1 saturated carbocycles. The summed E-state index contributed by atoms with van der Waals surface area (Å²) in [7, 11) is 4.84. The van der Waals surface area contributed by atoms with Gasteiger partial charge < -0.3 is 23.7 Å². The van der Waals surface area contributed by atoms with Gasteiger partial charge in [0.15, 0.2) is 23.0 Å². The number of hydrogen-bond acceptors (Lipinski definition) is 6. The van der Waals surface area contributed by atoms with E-state index in [2.05, 4.69) is 12.1 Å². The van der Waals surface area contributed by atoms with Crippen molar-refractivity contribution in [3.05, 3.63) is 41.0 Å². The molecular weight excluding hydrogens is 372 g/mol. The lowest BCUT2D eigenvalue weighted by Gasteiger charge is -2.36. The largest absolute Gasteiger partial charge is 0.493 e. The van der Waals surface area contributed by atoms with Crippen molar-refractivity contribution >= 4 is 5.78 Å². The zero-order valence-corrected chi connectivity index (χ0v) is 16.8. The van der Waals surface area contributed by atoms with Crippen LogP contribution in [0.25, 0.3) is 0 Å². The Bertz CT molecular complexity index is 957. The molecule has 1 fully saturated rings. The quantitative estimate of drug-likeness (QED) is 0.785. The van der Waals surface area contributed by atoms with Gasteiger partial charge in [0.25, 0.3) is 0 Å². The van der Waals surface area contributed by atoms with Crippen LogP contribution in [0.15, 0.2) is 24.3 Å². The molecule has 0 saturated heterocycles. The van der Waals surface area contributed by atoms with Gasteiger partial charge >= 0.3 is 0 Å². The van der Waals surface area contributed by atoms with Crippen LogP contribution in [-0.4, -0.2) is 33.9 Å². The van der Waals surface area contributed by atoms with Gasteiger partial charge in [0.2, 0.25) is 12.5 Å². The number of hydrogen-bond donors (Lipinski definition) is 0. The summed E-state index contributed by atoms with van der Waals surface area (Å²) >= 11 is 0. The Kier molecular flexibility index (Phi) is 4.30. The Morgan fingerprint density at radius 3 is 2.21 bits per heavy atom. The van der Waals surface area contributed by atoms with E-state index in [1.165, 1.54) is 11.1 Å². The van der Waals surface area contributed by atoms with E-state index >= 15 is 0 Å². The van der Waals surface area contributed by atoms with Crippen molar-refractivity contribution in [3.63, 3.8) is 0 Å². The smallest absolute Gasteiger partial charge is 0.231 e. The second kappa shape index (κ2) is 6.87. The van der Waals surface area contributed by atoms with Crippen molar-refractivity contribution in [2.75, 3.05) is 28.1 Å². The molecule has 5 rings (SSSR count). The second-order valence-corrected chi connectivity index (χ2v) is 7.92. The van der Waals surface area contributed by atoms with Gasteiger partial charge in [-0.1, -0.05) is 0 Å². The summed E-state index contributed by atoms with van der Waals surface area (Å²) in [6.45, 7) is 0.248. The summed E-state index contributed by atoms with van der Waals surface area (Å²) in [4.78, 5) is 12.4. The first-order valence-corrected chi connectivity index (χ1v) is 9.87. The van der Waals surface area contributed by atoms with E-state index in [0.29, 0.717) is 41.8 Å². The zero-order chi connectivity index (χ0) is 20.1. The molecule has 1 heterocycles. The molecule has 1 aliphatic heterocycles. The van der Waals surface area contributed by atoms with Crippen molar-refractivity contribution in [2.45, 2.75) is 25.2 Å². The van der Waals surface area contributed by atoms with Crippen LogP contribution in [0.3, 0.4) is 0 Å². The molecule has 6 heteroatoms. The van der Waals surface area contributed by atoms with E-state index in [4.69, 9.17) is 23.7 Å². The van der Waals surface area contributed by atoms with Gasteiger partial charge in [-0.15, -0.1) is 0 Å². The van der Waals surface area contributed by atoms with E-state index in [-0.39, 0.29) is 18.6 Å². The number of fused-ring (bicyclic) bond motifs is 3. The van der Waals surface area contributed by atoms with E-state index in [0.717, 1.165) is 23.5 Å². The molecule has 0 bridgehead atoms. The Balaban J connectivity index is 1.69. The maximum atomic E-state index is 12.4. The van der Waals surface area contributed by atoms with Crippen LogP contribution < -0.4 is 23.7 Å². The maximum absolute atomic E-state index is 12.4. The summed E-state index contributed by atoms with van der Waals surface area (Å²) in [6, 6.07) is 8.18. The second-order valence-electron chi connectivity index (χ2n) is 7.92. The summed E-state index contributed by atoms with van der Waals surface area (Å²) < 4.78 is 27.9. The molecule has 3 atom stereocenters. The molecule has 2 aromatic rings. The Labute approximate surface area is 169 Å². The molecule has 2 aliphatic carbocycles. The summed E-state index contributed by atoms with van der Waals surface area (Å²) in [5.74, 6) is 4.34. The summed E-state index contributed by atoms with van der Waals surface area (Å²) in [5.41, 5.74) is 3.48. The average molecular weight is 396 g/mol. The van der Waals surface area contributed by atoms with Gasteiger partial charge in [-0.05, 0) is 59.2 Å². The van der Waals surface area contributed by atoms with Gasteiger partial charge in [-0.3, -0.25) is 4.79 Å². The van der Waals surface area contributed by atoms with Gasteiger partial charge in [-0.2, -0.15) is 0 Å². The van der Waals surface area contributed by atoms with E-state index in [9.17, 15) is 4.79 Å². The molecule has 3 aliphatic rings. The van der Waals surface area contributed by atoms with Crippen molar-refractivity contribution in [1.29, 1.82) is 0 Å². The summed E-state index contributed by atoms with van der Waals surface area (Å²) in [5, 5.41) is 0. The number of Topliss-reactive ketones (excluding diaryl/α,β-unsaturated/α-hetero) is 1. The molecule has 0 aromatic heterocycles. The van der Waals surface area contributed by atoms with Crippen LogP contribution in [-0.2, 0) is 11.2 Å². The first-order chi connectivity index (χ1) is 14.1. The van der Waals surface area contributed by atoms with Gasteiger partial charge in [-0.25, -0.2) is 0 Å². The predicted molar refractivity (Wildman–Crippen MR) is 105 cm³/mol. The topological polar surface area (TPSA) is 63.2 Å². The van der Waals surface area contributed by atoms with Crippen molar-refractivity contribution in [3.8, 4) is 28.7 Å². The molecule has 152 valence electrons. The Morgan fingerprint density at radius 2 is 1.55 bits per heavy atom. The third-order valence-electron chi connectivity index (χ3n) is 6.48. The van der Waals surface area contributed by atoms with E-state index < -0.39 is 0 Å². The van der Waals surface area contributed by atoms with Crippen molar-refractivity contribution in [1.82, 2.24) is 0 Å². The minimum absolute atomic E-state index is 0.0541. The lowest BCUT2D eigenvalue weighted by atomic mass is 9.67. The van der Waals surface area contributed by atoms with Crippen LogP contribution >= 0.6 is 0 Å². The average Bonchev–Trinajstić information content (AvgIpc) is 3.33. The molecule has 0 N–H and O–H groups in total. The molecule has 29 heavy (non-hydrogen) atoms. The minimum atomic E-state index is 0.0541. The molecule has 0 radical (unpaired) electrons. The number of rotatable bonds is 4.